The first-order valence-electron chi connectivity index (χ1n) is 0. The van der Waals surface area contributed by atoms with E-state index in [9.17, 15) is 0 Å². The van der Waals surface area contributed by atoms with E-state index < -0.39 is 0 Å². The van der Waals surface area contributed by atoms with Gasteiger partial charge in [-0.2, -0.15) is 0 Å². The van der Waals surface area contributed by atoms with E-state index >= 15 is 0 Å². The van der Waals surface area contributed by atoms with Crippen molar-refractivity contribution in [3.8, 4) is 0 Å². The van der Waals surface area contributed by atoms with Crippen molar-refractivity contribution < 1.29 is 88.7 Å². The molecule has 0 bridgehead atoms. The Kier molecular flexibility index (Phi) is 198. The third kappa shape index (κ3) is 18.4. The van der Waals surface area contributed by atoms with Crippen molar-refractivity contribution in [2.75, 3.05) is 0 Å². The standard InChI is InChI=1S/Ar.3BrH.In/h;3*1H;/q;;;;+3/p-3. The van der Waals surface area contributed by atoms with Gasteiger partial charge in [0.2, 0.25) is 0 Å². The zero-order valence-corrected chi connectivity index (χ0v) is 10.8. The van der Waals surface area contributed by atoms with Crippen LogP contribution in [0.25, 0.3) is 0 Å². The van der Waals surface area contributed by atoms with E-state index in [1.54, 1.807) is 0 Å². The van der Waals surface area contributed by atoms with Gasteiger partial charge in [-0.15, -0.1) is 0 Å². The van der Waals surface area contributed by atoms with Gasteiger partial charge in [0.25, 0.3) is 0 Å². The molecule has 5 heteroatoms. The first-order valence-corrected chi connectivity index (χ1v) is 0. The zero-order chi connectivity index (χ0) is 0. The largest absolute Gasteiger partial charge is 3.00 e. The molecule has 0 spiro atoms. The van der Waals surface area contributed by atoms with Gasteiger partial charge in [0.1, 0.15) is 0 Å². The molecule has 0 aliphatic rings. The molecule has 0 N–H and O–H groups in total. The molecule has 0 aromatic rings. The molecular formula is ArBr3In. The van der Waals surface area contributed by atoms with Crippen molar-refractivity contribution >= 4 is 25.8 Å². The van der Waals surface area contributed by atoms with E-state index in [1.165, 1.54) is 0 Å². The van der Waals surface area contributed by atoms with E-state index in [1.807, 2.05) is 0 Å². The average molecular weight is 394 g/mol. The molecule has 5 heavy (non-hydrogen) atoms. The molecule has 0 amide bonds. The molecule has 32 valence electrons. The first-order chi connectivity index (χ1) is 0. The third-order valence-corrected chi connectivity index (χ3v) is 0. The summed E-state index contributed by atoms with van der Waals surface area (Å²) < 4.78 is 0. The van der Waals surface area contributed by atoms with E-state index in [4.69, 9.17) is 0 Å². The Morgan fingerprint density at radius 3 is 0.600 bits per heavy atom. The van der Waals surface area contributed by atoms with Gasteiger partial charge in [-0.3, -0.25) is 0 Å². The van der Waals surface area contributed by atoms with Gasteiger partial charge in [0.15, 0.2) is 0 Å². The summed E-state index contributed by atoms with van der Waals surface area (Å²) in [5, 5.41) is 0. The van der Waals surface area contributed by atoms with Crippen molar-refractivity contribution in [3.05, 3.63) is 0 Å². The molecule has 0 radical (unpaired) electrons. The molecule has 0 rings (SSSR count). The van der Waals surface area contributed by atoms with Crippen molar-refractivity contribution in [2.24, 2.45) is 0 Å². The molecule has 0 atom stereocenters. The number of halogens is 3. The SMILES string of the molecule is [Ar].[Br-].[Br-].[Br-].[In+3]. The van der Waals surface area contributed by atoms with E-state index in [0.717, 1.165) is 0 Å². The summed E-state index contributed by atoms with van der Waals surface area (Å²) in [5.74, 6) is 0. The van der Waals surface area contributed by atoms with Crippen LogP contribution in [0.3, 0.4) is 0 Å². The van der Waals surface area contributed by atoms with Crippen LogP contribution in [0.4, 0.5) is 0 Å². The second-order valence-electron chi connectivity index (χ2n) is 0. The average Bonchev–Trinajstić information content (AvgIpc) is 0. The summed E-state index contributed by atoms with van der Waals surface area (Å²) in [7, 11) is 0. The summed E-state index contributed by atoms with van der Waals surface area (Å²) in [6.07, 6.45) is 0. The van der Waals surface area contributed by atoms with Gasteiger partial charge in [0.05, 0.1) is 0 Å². The van der Waals surface area contributed by atoms with Crippen molar-refractivity contribution in [2.45, 2.75) is 0 Å². The monoisotopic (exact) mass is 392 g/mol. The second kappa shape index (κ2) is 25.6. The second-order valence-corrected chi connectivity index (χ2v) is 0. The number of rotatable bonds is 0. The third-order valence-electron chi connectivity index (χ3n) is 0. The summed E-state index contributed by atoms with van der Waals surface area (Å²) in [4.78, 5) is 0. The van der Waals surface area contributed by atoms with Crippen LogP contribution in [0.1, 0.15) is 0 Å². The molecule has 0 nitrogen and oxygen atoms in total. The minimum Gasteiger partial charge on any atom is -1.00 e. The topological polar surface area (TPSA) is 0 Å². The quantitative estimate of drug-likeness (QED) is 0.383. The zero-order valence-electron chi connectivity index (χ0n) is 2.06. The Balaban J connectivity index is 0. The molecule has 0 saturated heterocycles. The maximum absolute atomic E-state index is 0. The Morgan fingerprint density at radius 2 is 0.600 bits per heavy atom. The van der Waals surface area contributed by atoms with Crippen LogP contribution >= 0.6 is 0 Å². The summed E-state index contributed by atoms with van der Waals surface area (Å²) >= 11 is 0. The summed E-state index contributed by atoms with van der Waals surface area (Å²) in [5.41, 5.74) is 0. The first kappa shape index (κ1) is 38.5. The Morgan fingerprint density at radius 1 is 0.600 bits per heavy atom. The Labute approximate surface area is 112 Å². The van der Waals surface area contributed by atoms with Crippen molar-refractivity contribution in [3.63, 3.8) is 0 Å². The molecule has 0 aromatic heterocycles. The maximum Gasteiger partial charge on any atom is 3.00 e. The Hall–Kier alpha value is 3.57. The minimum absolute atomic E-state index is 0. The molecule has 0 unspecified atom stereocenters. The van der Waals surface area contributed by atoms with Crippen molar-refractivity contribution in [1.29, 1.82) is 0 Å². The van der Waals surface area contributed by atoms with Gasteiger partial charge in [-0.05, 0) is 0 Å². The van der Waals surface area contributed by atoms with Gasteiger partial charge in [0, 0.05) is 37.7 Å². The van der Waals surface area contributed by atoms with E-state index in [0.29, 0.717) is 0 Å². The Bertz CT molecular complexity index is 6.85. The fourth-order valence-electron chi connectivity index (χ4n) is 0. The molecule has 0 aliphatic heterocycles. The van der Waals surface area contributed by atoms with Crippen LogP contribution in [0, 0.1) is 37.7 Å². The van der Waals surface area contributed by atoms with E-state index in [2.05, 4.69) is 0 Å². The molecule has 0 aliphatic carbocycles. The fraction of sp³-hybridized carbons (Fsp3) is 0. The molecule has 0 heterocycles. The molecular weight excluding hydrogens is 394 g/mol. The van der Waals surface area contributed by atoms with Crippen LogP contribution in [0.2, 0.25) is 0 Å². The minimum atomic E-state index is 0. The predicted molar refractivity (Wildman–Crippen MR) is 5.75 cm³/mol. The maximum atomic E-state index is 0. The molecule has 0 fully saturated rings. The van der Waals surface area contributed by atoms with Crippen LogP contribution in [-0.4, -0.2) is 25.8 Å². The van der Waals surface area contributed by atoms with Crippen LogP contribution in [0.5, 0.6) is 0 Å². The predicted octanol–water partition coefficient (Wildman–Crippen LogP) is -9.37. The van der Waals surface area contributed by atoms with Crippen LogP contribution < -0.4 is 50.9 Å². The summed E-state index contributed by atoms with van der Waals surface area (Å²) in [6.45, 7) is 0. The smallest absolute Gasteiger partial charge is 1.00 e. The van der Waals surface area contributed by atoms with Crippen LogP contribution in [-0.2, 0) is 0 Å². The van der Waals surface area contributed by atoms with Gasteiger partial charge in [-0.1, -0.05) is 0 Å². The molecule has 0 saturated carbocycles. The molecule has 0 aromatic carbocycles. The van der Waals surface area contributed by atoms with Gasteiger partial charge in [-0.25, -0.2) is 0 Å². The normalized spacial score (nSPS) is 0. The number of hydrogen-bond donors (Lipinski definition) is 0. The van der Waals surface area contributed by atoms with E-state index in [-0.39, 0.29) is 115 Å². The fourth-order valence-corrected chi connectivity index (χ4v) is 0. The van der Waals surface area contributed by atoms with Gasteiger partial charge < -0.3 is 50.9 Å². The van der Waals surface area contributed by atoms with Gasteiger partial charge >= 0.3 is 25.8 Å². The van der Waals surface area contributed by atoms with Crippen molar-refractivity contribution in [1.82, 2.24) is 0 Å². The number of hydrogen-bond acceptors (Lipinski definition) is 0. The summed E-state index contributed by atoms with van der Waals surface area (Å²) in [6, 6.07) is 0. The van der Waals surface area contributed by atoms with Crippen LogP contribution in [0.15, 0.2) is 0 Å².